The molecule has 1 aromatic carbocycles. The quantitative estimate of drug-likeness (QED) is 0.942. The fourth-order valence-electron chi connectivity index (χ4n) is 2.44. The molecule has 5 heteroatoms. The molecule has 3 rings (SSSR count). The van der Waals surface area contributed by atoms with Crippen LogP contribution in [0.5, 0.6) is 0 Å². The van der Waals surface area contributed by atoms with Gasteiger partial charge in [-0.25, -0.2) is 0 Å². The monoisotopic (exact) mass is 321 g/mol. The van der Waals surface area contributed by atoms with E-state index < -0.39 is 0 Å². The van der Waals surface area contributed by atoms with Crippen LogP contribution in [-0.2, 0) is 6.54 Å². The summed E-state index contributed by atoms with van der Waals surface area (Å²) < 4.78 is 6.28. The number of nitrogens with two attached hydrogens (primary N) is 1. The summed E-state index contributed by atoms with van der Waals surface area (Å²) in [4.78, 5) is 2.48. The zero-order valence-corrected chi connectivity index (χ0v) is 12.2. The van der Waals surface area contributed by atoms with Crippen molar-refractivity contribution in [3.05, 3.63) is 34.3 Å². The molecule has 0 atom stereocenters. The minimum Gasteiger partial charge on any atom is -0.381 e. The molecule has 100 valence electrons. The Balaban J connectivity index is 1.81. The standard InChI is InChI=1S/C14H16BrN3O/c15-12-7-10(13-8-14(16)17-19-13)3-4-11(12)9-18-5-1-2-6-18/h3-4,7-8H,1-2,5-6,9H2,(H2,16,17). The molecule has 19 heavy (non-hydrogen) atoms. The van der Waals surface area contributed by atoms with E-state index in [2.05, 4.69) is 44.2 Å². The van der Waals surface area contributed by atoms with Crippen LogP contribution in [0.25, 0.3) is 11.3 Å². The Bertz CT molecular complexity index is 576. The highest BCUT2D eigenvalue weighted by Crippen LogP contribution is 2.28. The topological polar surface area (TPSA) is 55.3 Å². The summed E-state index contributed by atoms with van der Waals surface area (Å²) in [6.07, 6.45) is 2.63. The van der Waals surface area contributed by atoms with Gasteiger partial charge in [-0.15, -0.1) is 0 Å². The number of nitrogen functional groups attached to an aromatic ring is 1. The lowest BCUT2D eigenvalue weighted by Crippen LogP contribution is -2.18. The molecule has 2 heterocycles. The number of anilines is 1. The summed E-state index contributed by atoms with van der Waals surface area (Å²) in [5, 5.41) is 3.71. The Kier molecular flexibility index (Phi) is 3.57. The molecule has 0 bridgehead atoms. The first-order chi connectivity index (χ1) is 9.22. The predicted octanol–water partition coefficient (Wildman–Crippen LogP) is 3.28. The molecule has 2 N–H and O–H groups in total. The van der Waals surface area contributed by atoms with E-state index in [1.807, 2.05) is 0 Å². The van der Waals surface area contributed by atoms with E-state index >= 15 is 0 Å². The van der Waals surface area contributed by atoms with Gasteiger partial charge in [0.1, 0.15) is 0 Å². The average molecular weight is 322 g/mol. The second-order valence-corrected chi connectivity index (χ2v) is 5.76. The molecule has 0 aliphatic carbocycles. The van der Waals surface area contributed by atoms with Crippen molar-refractivity contribution in [3.63, 3.8) is 0 Å². The van der Waals surface area contributed by atoms with Crippen LogP contribution in [0.2, 0.25) is 0 Å². The van der Waals surface area contributed by atoms with Gasteiger partial charge in [-0.1, -0.05) is 33.2 Å². The van der Waals surface area contributed by atoms with Gasteiger partial charge in [0.25, 0.3) is 0 Å². The molecule has 1 aliphatic heterocycles. The first kappa shape index (κ1) is 12.7. The van der Waals surface area contributed by atoms with Crippen molar-refractivity contribution in [3.8, 4) is 11.3 Å². The van der Waals surface area contributed by atoms with Gasteiger partial charge < -0.3 is 10.3 Å². The minimum atomic E-state index is 0.410. The second-order valence-electron chi connectivity index (χ2n) is 4.91. The summed E-state index contributed by atoms with van der Waals surface area (Å²) in [7, 11) is 0. The van der Waals surface area contributed by atoms with Crippen molar-refractivity contribution < 1.29 is 4.52 Å². The average Bonchev–Trinajstić information content (AvgIpc) is 3.03. The first-order valence-corrected chi connectivity index (χ1v) is 7.25. The summed E-state index contributed by atoms with van der Waals surface area (Å²) in [6.45, 7) is 3.40. The summed E-state index contributed by atoms with van der Waals surface area (Å²) in [6, 6.07) is 7.99. The zero-order chi connectivity index (χ0) is 13.2. The maximum Gasteiger partial charge on any atom is 0.169 e. The fraction of sp³-hybridized carbons (Fsp3) is 0.357. The van der Waals surface area contributed by atoms with Gasteiger partial charge in [0.15, 0.2) is 11.6 Å². The van der Waals surface area contributed by atoms with Crippen LogP contribution in [0, 0.1) is 0 Å². The van der Waals surface area contributed by atoms with Crippen molar-refractivity contribution in [1.29, 1.82) is 0 Å². The highest BCUT2D eigenvalue weighted by atomic mass is 79.9. The Labute approximate surface area is 120 Å². The molecule has 2 aromatic rings. The molecule has 0 unspecified atom stereocenters. The van der Waals surface area contributed by atoms with E-state index in [-0.39, 0.29) is 0 Å². The molecule has 1 saturated heterocycles. The predicted molar refractivity (Wildman–Crippen MR) is 78.6 cm³/mol. The summed E-state index contributed by atoms with van der Waals surface area (Å²) in [5.74, 6) is 1.11. The highest BCUT2D eigenvalue weighted by molar-refractivity contribution is 9.10. The number of hydrogen-bond acceptors (Lipinski definition) is 4. The Morgan fingerprint density at radius 1 is 1.26 bits per heavy atom. The molecule has 0 spiro atoms. The van der Waals surface area contributed by atoms with E-state index in [9.17, 15) is 0 Å². The normalized spacial score (nSPS) is 16.1. The zero-order valence-electron chi connectivity index (χ0n) is 10.6. The molecule has 1 aliphatic rings. The second kappa shape index (κ2) is 5.35. The van der Waals surface area contributed by atoms with Crippen LogP contribution >= 0.6 is 15.9 Å². The molecule has 0 saturated carbocycles. The van der Waals surface area contributed by atoms with Crippen LogP contribution in [0.1, 0.15) is 18.4 Å². The first-order valence-electron chi connectivity index (χ1n) is 6.46. The van der Waals surface area contributed by atoms with E-state index in [0.717, 1.165) is 16.6 Å². The Morgan fingerprint density at radius 2 is 2.05 bits per heavy atom. The molecular formula is C14H16BrN3O. The lowest BCUT2D eigenvalue weighted by Gasteiger charge is -2.15. The number of halogens is 1. The van der Waals surface area contributed by atoms with Gasteiger partial charge in [0, 0.05) is 22.6 Å². The van der Waals surface area contributed by atoms with Crippen LogP contribution in [0.4, 0.5) is 5.82 Å². The van der Waals surface area contributed by atoms with Crippen molar-refractivity contribution in [2.75, 3.05) is 18.8 Å². The SMILES string of the molecule is Nc1cc(-c2ccc(CN3CCCC3)c(Br)c2)on1. The van der Waals surface area contributed by atoms with Crippen molar-refractivity contribution >= 4 is 21.7 Å². The van der Waals surface area contributed by atoms with Crippen molar-refractivity contribution in [2.45, 2.75) is 19.4 Å². The largest absolute Gasteiger partial charge is 0.381 e. The van der Waals surface area contributed by atoms with Crippen LogP contribution in [-0.4, -0.2) is 23.1 Å². The number of hydrogen-bond donors (Lipinski definition) is 1. The third-order valence-electron chi connectivity index (χ3n) is 3.46. The summed E-state index contributed by atoms with van der Waals surface area (Å²) >= 11 is 3.64. The van der Waals surface area contributed by atoms with Crippen LogP contribution in [0.3, 0.4) is 0 Å². The third-order valence-corrected chi connectivity index (χ3v) is 4.20. The highest BCUT2D eigenvalue weighted by Gasteiger charge is 2.14. The summed E-state index contributed by atoms with van der Waals surface area (Å²) in [5.41, 5.74) is 7.86. The fourth-order valence-corrected chi connectivity index (χ4v) is 2.94. The van der Waals surface area contributed by atoms with Gasteiger partial charge in [-0.2, -0.15) is 0 Å². The Morgan fingerprint density at radius 3 is 2.68 bits per heavy atom. The van der Waals surface area contributed by atoms with Crippen LogP contribution < -0.4 is 5.73 Å². The van der Waals surface area contributed by atoms with Gasteiger partial charge in [0.2, 0.25) is 0 Å². The number of likely N-dealkylation sites (tertiary alicyclic amines) is 1. The van der Waals surface area contributed by atoms with Crippen molar-refractivity contribution in [1.82, 2.24) is 10.1 Å². The maximum atomic E-state index is 5.57. The van der Waals surface area contributed by atoms with Gasteiger partial charge in [-0.05, 0) is 37.6 Å². The maximum absolute atomic E-state index is 5.57. The van der Waals surface area contributed by atoms with Gasteiger partial charge in [-0.3, -0.25) is 4.90 Å². The lowest BCUT2D eigenvalue weighted by atomic mass is 10.1. The number of nitrogens with zero attached hydrogens (tertiary/aromatic N) is 2. The molecular weight excluding hydrogens is 306 g/mol. The third kappa shape index (κ3) is 2.82. The van der Waals surface area contributed by atoms with Crippen LogP contribution in [0.15, 0.2) is 33.3 Å². The minimum absolute atomic E-state index is 0.410. The Hall–Kier alpha value is -1.33. The van der Waals surface area contributed by atoms with E-state index in [1.165, 1.54) is 31.5 Å². The molecule has 1 fully saturated rings. The van der Waals surface area contributed by atoms with Gasteiger partial charge >= 0.3 is 0 Å². The molecule has 4 nitrogen and oxygen atoms in total. The number of aromatic nitrogens is 1. The van der Waals surface area contributed by atoms with E-state index in [4.69, 9.17) is 10.3 Å². The molecule has 0 amide bonds. The lowest BCUT2D eigenvalue weighted by molar-refractivity contribution is 0.331. The van der Waals surface area contributed by atoms with E-state index in [1.54, 1.807) is 6.07 Å². The number of benzene rings is 1. The molecule has 0 radical (unpaired) electrons. The number of rotatable bonds is 3. The smallest absolute Gasteiger partial charge is 0.169 e. The molecule has 1 aromatic heterocycles. The van der Waals surface area contributed by atoms with Gasteiger partial charge in [0.05, 0.1) is 0 Å². The van der Waals surface area contributed by atoms with Crippen molar-refractivity contribution in [2.24, 2.45) is 0 Å². The van der Waals surface area contributed by atoms with E-state index in [0.29, 0.717) is 11.6 Å².